The van der Waals surface area contributed by atoms with Crippen LogP contribution in [0, 0.1) is 28.6 Å². The van der Waals surface area contributed by atoms with Gasteiger partial charge in [-0.05, 0) is 137 Å². The highest BCUT2D eigenvalue weighted by atomic mass is 15.0. The zero-order chi connectivity index (χ0) is 37.2. The smallest absolute Gasteiger partial charge is 0.164 e. The van der Waals surface area contributed by atoms with Crippen molar-refractivity contribution < 1.29 is 0 Å². The van der Waals surface area contributed by atoms with Gasteiger partial charge < -0.3 is 0 Å². The minimum absolute atomic E-state index is 0.478. The second-order valence-corrected chi connectivity index (χ2v) is 16.4. The van der Waals surface area contributed by atoms with E-state index < -0.39 is 0 Å². The van der Waals surface area contributed by atoms with E-state index in [1.165, 1.54) is 59.6 Å². The van der Waals surface area contributed by atoms with E-state index in [1.807, 2.05) is 60.8 Å². The summed E-state index contributed by atoms with van der Waals surface area (Å²) in [5, 5.41) is 12.8. The lowest BCUT2D eigenvalue weighted by atomic mass is 9.56. The van der Waals surface area contributed by atoms with Gasteiger partial charge in [-0.1, -0.05) is 103 Å². The molecule has 11 rings (SSSR count). The Hall–Kier alpha value is -6.51. The van der Waals surface area contributed by atoms with Crippen molar-refractivity contribution in [3.63, 3.8) is 0 Å². The second-order valence-electron chi connectivity index (χ2n) is 16.4. The zero-order valence-corrected chi connectivity index (χ0v) is 31.0. The molecule has 5 nitrogen and oxygen atoms in total. The molecule has 8 aromatic rings. The molecule has 0 aliphatic heterocycles. The van der Waals surface area contributed by atoms with Crippen LogP contribution in [0.4, 0.5) is 0 Å². The van der Waals surface area contributed by atoms with Crippen molar-refractivity contribution in [3.05, 3.63) is 168 Å². The summed E-state index contributed by atoms with van der Waals surface area (Å²) in [7, 11) is 0. The number of nitrogens with zero attached hydrogens (tertiary/aromatic N) is 5. The van der Waals surface area contributed by atoms with Gasteiger partial charge in [0.15, 0.2) is 17.5 Å². The highest BCUT2D eigenvalue weighted by molar-refractivity contribution is 5.88. The predicted molar refractivity (Wildman–Crippen MR) is 224 cm³/mol. The summed E-state index contributed by atoms with van der Waals surface area (Å²) in [5.74, 6) is 4.91. The maximum absolute atomic E-state index is 9.19. The van der Waals surface area contributed by atoms with Gasteiger partial charge in [-0.25, -0.2) is 15.0 Å². The van der Waals surface area contributed by atoms with Gasteiger partial charge in [0.2, 0.25) is 0 Å². The molecule has 5 heteroatoms. The summed E-state index contributed by atoms with van der Waals surface area (Å²) in [6.45, 7) is 0. The van der Waals surface area contributed by atoms with Gasteiger partial charge in [0.1, 0.15) is 0 Å². The molecule has 268 valence electrons. The van der Waals surface area contributed by atoms with Crippen molar-refractivity contribution in [2.45, 2.75) is 43.9 Å². The lowest BCUT2D eigenvalue weighted by Crippen LogP contribution is -2.41. The first-order valence-corrected chi connectivity index (χ1v) is 19.9. The summed E-state index contributed by atoms with van der Waals surface area (Å²) in [6, 6.07) is 53.6. The Bertz CT molecular complexity index is 2820. The Labute approximate surface area is 326 Å². The highest BCUT2D eigenvalue weighted by Crippen LogP contribution is 2.73. The molecule has 3 aliphatic carbocycles. The van der Waals surface area contributed by atoms with E-state index in [0.717, 1.165) is 45.0 Å². The molecular weight excluding hydrogens is 683 g/mol. The Morgan fingerprint density at radius 2 is 1.07 bits per heavy atom. The van der Waals surface area contributed by atoms with Gasteiger partial charge in [0.25, 0.3) is 0 Å². The van der Waals surface area contributed by atoms with Gasteiger partial charge in [0.05, 0.1) is 17.1 Å². The molecule has 0 bridgehead atoms. The van der Waals surface area contributed by atoms with Crippen molar-refractivity contribution in [2.24, 2.45) is 17.3 Å². The minimum Gasteiger partial charge on any atom is -0.256 e. The molecule has 56 heavy (non-hydrogen) atoms. The Morgan fingerprint density at radius 3 is 1.82 bits per heavy atom. The molecule has 0 radical (unpaired) electrons. The van der Waals surface area contributed by atoms with Crippen LogP contribution in [-0.2, 0) is 0 Å². The van der Waals surface area contributed by atoms with Crippen LogP contribution < -0.4 is 0 Å². The minimum atomic E-state index is 0.478. The Kier molecular flexibility index (Phi) is 7.67. The molecule has 5 unspecified atom stereocenters. The van der Waals surface area contributed by atoms with Crippen LogP contribution in [0.25, 0.3) is 67.0 Å². The first-order valence-electron chi connectivity index (χ1n) is 19.9. The molecule has 2 heterocycles. The van der Waals surface area contributed by atoms with E-state index in [-0.39, 0.29) is 0 Å². The van der Waals surface area contributed by atoms with Gasteiger partial charge in [0, 0.05) is 28.3 Å². The number of pyridine rings is 1. The topological polar surface area (TPSA) is 75.3 Å². The van der Waals surface area contributed by atoms with Crippen LogP contribution in [0.2, 0.25) is 0 Å². The molecule has 0 N–H and O–H groups in total. The number of benzene rings is 6. The molecule has 5 atom stereocenters. The number of hydrogen-bond donors (Lipinski definition) is 0. The first kappa shape index (κ1) is 32.9. The van der Waals surface area contributed by atoms with Gasteiger partial charge in [-0.15, -0.1) is 0 Å². The quantitative estimate of drug-likeness (QED) is 0.171. The highest BCUT2D eigenvalue weighted by Gasteiger charge is 2.63. The number of fused-ring (bicyclic) bond motifs is 2. The van der Waals surface area contributed by atoms with Crippen molar-refractivity contribution in [1.29, 1.82) is 5.26 Å². The molecule has 3 fully saturated rings. The predicted octanol–water partition coefficient (Wildman–Crippen LogP) is 12.2. The van der Waals surface area contributed by atoms with Gasteiger partial charge in [-0.3, -0.25) is 4.98 Å². The van der Waals surface area contributed by atoms with Crippen LogP contribution in [0.15, 0.2) is 152 Å². The molecule has 6 aromatic carbocycles. The standard InChI is InChI=1S/C51H39N5/c52-31-32-8-10-33(11-9-32)37-16-17-39-24-40(19-18-38(39)23-37)44-27-46-28-45-26-43(29-51(45,46)30-44)34-12-14-36(15-13-34)49-54-48(35-5-2-1-3-6-35)55-50(56-49)42-20-21-47-41(25-42)7-4-22-53-47/h1-25,43-46H,26-30H2. The van der Waals surface area contributed by atoms with Crippen molar-refractivity contribution in [3.8, 4) is 51.4 Å². The third-order valence-electron chi connectivity index (χ3n) is 13.4. The van der Waals surface area contributed by atoms with Gasteiger partial charge >= 0.3 is 0 Å². The van der Waals surface area contributed by atoms with Gasteiger partial charge in [-0.2, -0.15) is 5.26 Å². The fourth-order valence-electron chi connectivity index (χ4n) is 10.6. The van der Waals surface area contributed by atoms with E-state index in [9.17, 15) is 5.26 Å². The summed E-state index contributed by atoms with van der Waals surface area (Å²) < 4.78 is 0. The average molecular weight is 722 g/mol. The molecule has 1 spiro atoms. The van der Waals surface area contributed by atoms with Crippen LogP contribution in [-0.4, -0.2) is 19.9 Å². The Balaban J connectivity index is 0.832. The van der Waals surface area contributed by atoms with E-state index in [4.69, 9.17) is 15.0 Å². The molecule has 3 saturated carbocycles. The third-order valence-corrected chi connectivity index (χ3v) is 13.4. The van der Waals surface area contributed by atoms with Crippen molar-refractivity contribution in [1.82, 2.24) is 19.9 Å². The number of rotatable bonds is 6. The normalized spacial score (nSPS) is 22.3. The number of hydrogen-bond acceptors (Lipinski definition) is 5. The number of nitriles is 1. The van der Waals surface area contributed by atoms with E-state index in [1.54, 1.807) is 0 Å². The van der Waals surface area contributed by atoms with E-state index in [0.29, 0.717) is 40.3 Å². The first-order chi connectivity index (χ1) is 27.6. The molecular formula is C51H39N5. The molecule has 0 amide bonds. The largest absolute Gasteiger partial charge is 0.256 e. The lowest BCUT2D eigenvalue weighted by Gasteiger charge is -2.49. The van der Waals surface area contributed by atoms with E-state index in [2.05, 4.69) is 102 Å². The van der Waals surface area contributed by atoms with Crippen LogP contribution in [0.3, 0.4) is 0 Å². The molecule has 2 aromatic heterocycles. The van der Waals surface area contributed by atoms with Crippen LogP contribution in [0.1, 0.15) is 60.6 Å². The van der Waals surface area contributed by atoms with Crippen molar-refractivity contribution >= 4 is 21.7 Å². The third kappa shape index (κ3) is 5.59. The zero-order valence-electron chi connectivity index (χ0n) is 31.0. The maximum Gasteiger partial charge on any atom is 0.164 e. The fraction of sp³-hybridized carbons (Fsp3) is 0.196. The second kappa shape index (κ2) is 13.1. The molecule has 3 aliphatic rings. The summed E-state index contributed by atoms with van der Waals surface area (Å²) in [4.78, 5) is 19.5. The van der Waals surface area contributed by atoms with Crippen molar-refractivity contribution in [2.75, 3.05) is 0 Å². The average Bonchev–Trinajstić information content (AvgIpc) is 3.72. The van der Waals surface area contributed by atoms with E-state index >= 15 is 0 Å². The Morgan fingerprint density at radius 1 is 0.482 bits per heavy atom. The fourth-order valence-corrected chi connectivity index (χ4v) is 10.6. The monoisotopic (exact) mass is 721 g/mol. The summed E-state index contributed by atoms with van der Waals surface area (Å²) in [6.07, 6.45) is 8.42. The van der Waals surface area contributed by atoms with Crippen LogP contribution in [0.5, 0.6) is 0 Å². The van der Waals surface area contributed by atoms with Crippen LogP contribution >= 0.6 is 0 Å². The SMILES string of the molecule is N#Cc1ccc(-c2ccc3cc(C4CC5CC6CC(c7ccc(-c8nc(-c9ccccc9)nc(-c9ccc%10ncccc%10c9)n8)cc7)CC65C4)ccc3c2)cc1. The molecule has 0 saturated heterocycles. The number of aromatic nitrogens is 4. The lowest BCUT2D eigenvalue weighted by molar-refractivity contribution is 0.00306. The summed E-state index contributed by atoms with van der Waals surface area (Å²) in [5.41, 5.74) is 10.3. The summed E-state index contributed by atoms with van der Waals surface area (Å²) >= 11 is 0. The maximum atomic E-state index is 9.19.